The molecule has 1 aromatic heterocycles. The Labute approximate surface area is 223 Å². The lowest BCUT2D eigenvalue weighted by Gasteiger charge is -2.27. The molecule has 0 fully saturated rings. The van der Waals surface area contributed by atoms with E-state index in [0.29, 0.717) is 53.3 Å². The van der Waals surface area contributed by atoms with Gasteiger partial charge in [0.2, 0.25) is 0 Å². The number of hydrogen-bond acceptors (Lipinski definition) is 5. The molecule has 192 valence electrons. The minimum Gasteiger partial charge on any atom is -0.394 e. The molecule has 7 nitrogen and oxygen atoms in total. The van der Waals surface area contributed by atoms with Crippen LogP contribution >= 0.6 is 32.4 Å². The third kappa shape index (κ3) is 6.01. The van der Waals surface area contributed by atoms with E-state index in [2.05, 4.69) is 25.3 Å². The molecule has 11 heteroatoms. The summed E-state index contributed by atoms with van der Waals surface area (Å²) >= 11 is 12.9. The summed E-state index contributed by atoms with van der Waals surface area (Å²) in [6, 6.07) is 6.88. The molecule has 0 saturated carbocycles. The van der Waals surface area contributed by atoms with Crippen LogP contribution in [0.4, 0.5) is 10.1 Å². The number of hydrazine groups is 1. The molecule has 0 aliphatic carbocycles. The number of halogens is 3. The second-order valence-electron chi connectivity index (χ2n) is 9.05. The summed E-state index contributed by atoms with van der Waals surface area (Å²) in [5, 5.41) is 12.5. The van der Waals surface area contributed by atoms with Gasteiger partial charge in [-0.1, -0.05) is 44.6 Å². The lowest BCUT2D eigenvalue weighted by atomic mass is 10.0. The van der Waals surface area contributed by atoms with Crippen LogP contribution in [0.25, 0.3) is 11.1 Å². The van der Waals surface area contributed by atoms with E-state index in [4.69, 9.17) is 28.9 Å². The van der Waals surface area contributed by atoms with Crippen molar-refractivity contribution in [3.05, 3.63) is 69.6 Å². The summed E-state index contributed by atoms with van der Waals surface area (Å²) in [5.41, 5.74) is 11.1. The summed E-state index contributed by atoms with van der Waals surface area (Å²) in [7, 11) is 4.12. The minimum atomic E-state index is -1.61. The molecule has 2 aliphatic heterocycles. The quantitative estimate of drug-likeness (QED) is 0.310. The van der Waals surface area contributed by atoms with E-state index < -0.39 is 5.41 Å². The Kier molecular flexibility index (Phi) is 8.22. The molecule has 0 amide bonds. The molecule has 4 rings (SSSR count). The van der Waals surface area contributed by atoms with Crippen LogP contribution in [0.2, 0.25) is 10.0 Å². The van der Waals surface area contributed by atoms with Crippen molar-refractivity contribution in [3.63, 3.8) is 0 Å². The highest BCUT2D eigenvalue weighted by Gasteiger charge is 2.23. The van der Waals surface area contributed by atoms with Crippen molar-refractivity contribution in [3.8, 4) is 0 Å². The lowest BCUT2D eigenvalue weighted by Crippen LogP contribution is -2.39. The fourth-order valence-corrected chi connectivity index (χ4v) is 5.27. The molecule has 3 heterocycles. The van der Waals surface area contributed by atoms with Gasteiger partial charge in [0.1, 0.15) is 5.41 Å². The normalized spacial score (nSPS) is 18.8. The van der Waals surface area contributed by atoms with Crippen molar-refractivity contribution in [1.29, 1.82) is 0 Å². The van der Waals surface area contributed by atoms with Gasteiger partial charge < -0.3 is 20.7 Å². The van der Waals surface area contributed by atoms with Crippen LogP contribution in [0.5, 0.6) is 0 Å². The number of β-amino-alcohol motifs (C(OH)–C–C–N with tert-alkyl or cyclic N) is 1. The highest BCUT2D eigenvalue weighted by molar-refractivity contribution is 7.18. The maximum Gasteiger partial charge on any atom is 0.196 e. The topological polar surface area (TPSA) is 81.2 Å². The number of hydrogen-bond donors (Lipinski definition) is 2. The molecule has 36 heavy (non-hydrogen) atoms. The van der Waals surface area contributed by atoms with E-state index in [-0.39, 0.29) is 6.61 Å². The fourth-order valence-electron chi connectivity index (χ4n) is 4.28. The summed E-state index contributed by atoms with van der Waals surface area (Å²) in [4.78, 5) is 11.1. The van der Waals surface area contributed by atoms with Gasteiger partial charge in [-0.3, -0.25) is 4.98 Å². The molecule has 0 saturated heterocycles. The van der Waals surface area contributed by atoms with Crippen molar-refractivity contribution in [2.45, 2.75) is 18.8 Å². The Balaban J connectivity index is 1.45. The van der Waals surface area contributed by atoms with Crippen molar-refractivity contribution < 1.29 is 9.50 Å². The number of aliphatic hydroxyl groups is 1. The third-order valence-corrected chi connectivity index (χ3v) is 7.16. The van der Waals surface area contributed by atoms with Gasteiger partial charge in [-0.2, -0.15) is 0 Å². The number of nitrogens with zero attached hydrogens (tertiary/aromatic N) is 5. The van der Waals surface area contributed by atoms with Gasteiger partial charge in [0.15, 0.2) is 5.96 Å². The Morgan fingerprint density at radius 2 is 2.06 bits per heavy atom. The lowest BCUT2D eigenvalue weighted by molar-refractivity contribution is 0.0642. The molecular weight excluding hydrogens is 521 g/mol. The highest BCUT2D eigenvalue weighted by atomic mass is 35.5. The monoisotopic (exact) mass is 550 g/mol. The number of aliphatic hydroxyl groups excluding tert-OH is 1. The first-order valence-corrected chi connectivity index (χ1v) is 12.9. The standard InChI is InChI=1S/C25H30Cl2FN6OP/c1-25(28,36)20-4-3-19(12-21(20)26)31-24(29)33-7-5-16(6-8-33)23-22(27)11-17(13-30-23)18-14-32(2)34(15-18)9-10-35/h3-5,11-13,15,35H,6-10,14,36H2,1-2H3,(H2,29,31). The van der Waals surface area contributed by atoms with E-state index in [1.54, 1.807) is 18.2 Å². The Morgan fingerprint density at radius 1 is 1.28 bits per heavy atom. The molecule has 0 bridgehead atoms. The van der Waals surface area contributed by atoms with E-state index in [0.717, 1.165) is 28.9 Å². The molecule has 2 unspecified atom stereocenters. The first-order chi connectivity index (χ1) is 17.1. The van der Waals surface area contributed by atoms with Gasteiger partial charge >= 0.3 is 0 Å². The Bertz CT molecular complexity index is 1230. The number of pyridine rings is 1. The van der Waals surface area contributed by atoms with Crippen LogP contribution in [0.1, 0.15) is 30.2 Å². The van der Waals surface area contributed by atoms with Crippen LogP contribution in [0.15, 0.2) is 47.7 Å². The van der Waals surface area contributed by atoms with Crippen LogP contribution < -0.4 is 5.73 Å². The zero-order valence-electron chi connectivity index (χ0n) is 20.3. The third-order valence-electron chi connectivity index (χ3n) is 6.24. The molecule has 2 aromatic rings. The smallest absolute Gasteiger partial charge is 0.196 e. The average molecular weight is 551 g/mol. The SMILES string of the molecule is CN1CC(c2cnc(C3=CCN(C(N)=Nc4ccc(C(C)(F)P)c(Cl)c4)CC3)c(Cl)c2)=CN1CCO. The van der Waals surface area contributed by atoms with Gasteiger partial charge in [-0.15, -0.1) is 0 Å². The van der Waals surface area contributed by atoms with Crippen LogP contribution in [-0.4, -0.2) is 70.8 Å². The number of aromatic nitrogens is 1. The van der Waals surface area contributed by atoms with E-state index in [1.807, 2.05) is 40.4 Å². The van der Waals surface area contributed by atoms with E-state index in [9.17, 15) is 9.50 Å². The van der Waals surface area contributed by atoms with Crippen molar-refractivity contribution in [2.75, 3.05) is 39.8 Å². The Hall–Kier alpha value is -2.22. The van der Waals surface area contributed by atoms with Gasteiger partial charge in [-0.05, 0) is 42.7 Å². The van der Waals surface area contributed by atoms with Gasteiger partial charge in [0, 0.05) is 55.2 Å². The predicted octanol–water partition coefficient (Wildman–Crippen LogP) is 4.64. The Morgan fingerprint density at radius 3 is 2.67 bits per heavy atom. The summed E-state index contributed by atoms with van der Waals surface area (Å²) in [5.74, 6) is 0.363. The first kappa shape index (κ1) is 26.8. The molecule has 2 atom stereocenters. The maximum absolute atomic E-state index is 14.2. The summed E-state index contributed by atoms with van der Waals surface area (Å²) in [6.45, 7) is 4.01. The zero-order valence-corrected chi connectivity index (χ0v) is 22.9. The summed E-state index contributed by atoms with van der Waals surface area (Å²) < 4.78 is 14.2. The number of rotatable bonds is 6. The predicted molar refractivity (Wildman–Crippen MR) is 149 cm³/mol. The highest BCUT2D eigenvalue weighted by Crippen LogP contribution is 2.38. The molecule has 0 radical (unpaired) electrons. The molecule has 1 aromatic carbocycles. The minimum absolute atomic E-state index is 0.0865. The number of nitrogens with two attached hydrogens (primary N) is 1. The first-order valence-electron chi connectivity index (χ1n) is 11.6. The van der Waals surface area contributed by atoms with E-state index in [1.165, 1.54) is 6.92 Å². The van der Waals surface area contributed by atoms with Crippen LogP contribution in [-0.2, 0) is 5.41 Å². The van der Waals surface area contributed by atoms with Crippen LogP contribution in [0, 0.1) is 0 Å². The maximum atomic E-state index is 14.2. The van der Waals surface area contributed by atoms with Crippen molar-refractivity contribution >= 4 is 55.2 Å². The number of benzene rings is 1. The van der Waals surface area contributed by atoms with Crippen molar-refractivity contribution in [1.82, 2.24) is 19.9 Å². The molecule has 0 spiro atoms. The number of guanidine groups is 1. The summed E-state index contributed by atoms with van der Waals surface area (Å²) in [6.07, 6.45) is 6.63. The molecular formula is C25H30Cl2FN6OP. The van der Waals surface area contributed by atoms with Crippen molar-refractivity contribution in [2.24, 2.45) is 10.7 Å². The van der Waals surface area contributed by atoms with Gasteiger partial charge in [0.25, 0.3) is 0 Å². The fraction of sp³-hybridized carbons (Fsp3) is 0.360. The average Bonchev–Trinajstić information content (AvgIpc) is 3.19. The number of aliphatic imine (C=N–C) groups is 1. The number of alkyl halides is 1. The van der Waals surface area contributed by atoms with E-state index >= 15 is 0 Å². The molecule has 2 aliphatic rings. The van der Waals surface area contributed by atoms with Gasteiger partial charge in [-0.25, -0.2) is 14.4 Å². The zero-order chi connectivity index (χ0) is 26.0. The van der Waals surface area contributed by atoms with Crippen LogP contribution in [0.3, 0.4) is 0 Å². The van der Waals surface area contributed by atoms with Gasteiger partial charge in [0.05, 0.1) is 29.6 Å². The second kappa shape index (κ2) is 11.0. The largest absolute Gasteiger partial charge is 0.394 e. The molecule has 3 N–H and O–H groups in total. The second-order valence-corrected chi connectivity index (χ2v) is 10.9. The number of likely N-dealkylation sites (N-methyl/N-ethyl adjacent to an activating group) is 1.